The molecule has 3 heteroatoms. The summed E-state index contributed by atoms with van der Waals surface area (Å²) in [6.07, 6.45) is 0.274. The van der Waals surface area contributed by atoms with E-state index in [1.54, 1.807) is 6.07 Å². The minimum atomic E-state index is -0.0655. The van der Waals surface area contributed by atoms with Gasteiger partial charge in [0, 0.05) is 16.8 Å². The summed E-state index contributed by atoms with van der Waals surface area (Å²) in [6, 6.07) is 21.3. The smallest absolute Gasteiger partial charge is 0.228 e. The molecule has 0 aliphatic carbocycles. The number of hydrogen-bond donors (Lipinski definition) is 2. The topological polar surface area (TPSA) is 55.1 Å². The second-order valence-corrected chi connectivity index (χ2v) is 4.95. The van der Waals surface area contributed by atoms with Crippen LogP contribution >= 0.6 is 0 Å². The molecule has 0 radical (unpaired) electrons. The molecule has 3 aromatic rings. The molecule has 0 heterocycles. The lowest BCUT2D eigenvalue weighted by molar-refractivity contribution is -0.115. The third-order valence-electron chi connectivity index (χ3n) is 3.47. The van der Waals surface area contributed by atoms with Crippen molar-refractivity contribution in [3.63, 3.8) is 0 Å². The van der Waals surface area contributed by atoms with E-state index in [0.29, 0.717) is 5.69 Å². The molecular formula is C18H16N2O. The van der Waals surface area contributed by atoms with Gasteiger partial charge in [-0.2, -0.15) is 0 Å². The predicted octanol–water partition coefficient (Wildman–Crippen LogP) is 3.60. The summed E-state index contributed by atoms with van der Waals surface area (Å²) in [6.45, 7) is 0. The van der Waals surface area contributed by atoms with Crippen molar-refractivity contribution in [2.75, 3.05) is 11.1 Å². The molecule has 0 aliphatic heterocycles. The average Bonchev–Trinajstić information content (AvgIpc) is 2.50. The van der Waals surface area contributed by atoms with E-state index < -0.39 is 0 Å². The molecule has 1 amide bonds. The zero-order valence-corrected chi connectivity index (χ0v) is 11.5. The Hall–Kier alpha value is -2.81. The molecule has 0 fully saturated rings. The van der Waals surface area contributed by atoms with E-state index in [4.69, 9.17) is 5.73 Å². The monoisotopic (exact) mass is 276 g/mol. The number of hydrogen-bond acceptors (Lipinski definition) is 2. The fourth-order valence-corrected chi connectivity index (χ4v) is 2.40. The second-order valence-electron chi connectivity index (χ2n) is 4.95. The molecular weight excluding hydrogens is 260 g/mol. The van der Waals surface area contributed by atoms with E-state index in [2.05, 4.69) is 5.32 Å². The van der Waals surface area contributed by atoms with Gasteiger partial charge in [0.2, 0.25) is 5.91 Å². The van der Waals surface area contributed by atoms with E-state index in [1.807, 2.05) is 60.7 Å². The lowest BCUT2D eigenvalue weighted by atomic mass is 10.1. The number of nitrogens with one attached hydrogen (secondary N) is 1. The van der Waals surface area contributed by atoms with Crippen molar-refractivity contribution < 1.29 is 4.79 Å². The number of carbonyl (C=O) groups is 1. The summed E-state index contributed by atoms with van der Waals surface area (Å²) in [4.78, 5) is 12.2. The molecule has 3 N–H and O–H groups in total. The van der Waals surface area contributed by atoms with Crippen LogP contribution in [0.15, 0.2) is 66.7 Å². The molecule has 0 aliphatic rings. The van der Waals surface area contributed by atoms with E-state index in [-0.39, 0.29) is 12.3 Å². The zero-order chi connectivity index (χ0) is 14.7. The van der Waals surface area contributed by atoms with Gasteiger partial charge in [-0.15, -0.1) is 0 Å². The van der Waals surface area contributed by atoms with Gasteiger partial charge >= 0.3 is 0 Å². The first-order valence-corrected chi connectivity index (χ1v) is 6.85. The van der Waals surface area contributed by atoms with E-state index in [1.165, 1.54) is 0 Å². The molecule has 0 saturated heterocycles. The Bertz CT molecular complexity index is 791. The summed E-state index contributed by atoms with van der Waals surface area (Å²) < 4.78 is 0. The molecule has 3 rings (SSSR count). The van der Waals surface area contributed by atoms with Crippen LogP contribution in [0.3, 0.4) is 0 Å². The van der Waals surface area contributed by atoms with Crippen molar-refractivity contribution in [2.45, 2.75) is 6.42 Å². The molecule has 3 aromatic carbocycles. The van der Waals surface area contributed by atoms with Gasteiger partial charge in [0.15, 0.2) is 0 Å². The van der Waals surface area contributed by atoms with E-state index in [0.717, 1.165) is 22.0 Å². The molecule has 0 atom stereocenters. The lowest BCUT2D eigenvalue weighted by Crippen LogP contribution is -2.15. The number of nitrogen functional groups attached to an aromatic ring is 1. The highest BCUT2D eigenvalue weighted by atomic mass is 16.1. The Kier molecular flexibility index (Phi) is 3.56. The van der Waals surface area contributed by atoms with Crippen LogP contribution < -0.4 is 11.1 Å². The third-order valence-corrected chi connectivity index (χ3v) is 3.47. The number of benzene rings is 3. The van der Waals surface area contributed by atoms with Gasteiger partial charge in [-0.1, -0.05) is 54.6 Å². The number of carbonyl (C=O) groups excluding carboxylic acids is 1. The van der Waals surface area contributed by atoms with Crippen molar-refractivity contribution in [1.29, 1.82) is 0 Å². The van der Waals surface area contributed by atoms with Gasteiger partial charge in [0.25, 0.3) is 0 Å². The second kappa shape index (κ2) is 5.67. The van der Waals surface area contributed by atoms with Crippen LogP contribution in [0.2, 0.25) is 0 Å². The molecule has 3 nitrogen and oxygen atoms in total. The predicted molar refractivity (Wildman–Crippen MR) is 87.1 cm³/mol. The van der Waals surface area contributed by atoms with Crippen molar-refractivity contribution in [2.24, 2.45) is 0 Å². The summed E-state index contributed by atoms with van der Waals surface area (Å²) in [5, 5.41) is 5.11. The third kappa shape index (κ3) is 2.87. The van der Waals surface area contributed by atoms with Crippen LogP contribution in [-0.4, -0.2) is 5.91 Å². The fourth-order valence-electron chi connectivity index (χ4n) is 2.40. The Morgan fingerprint density at radius 1 is 0.905 bits per heavy atom. The Labute approximate surface area is 123 Å². The number of amides is 1. The van der Waals surface area contributed by atoms with Gasteiger partial charge in [-0.05, 0) is 23.1 Å². The van der Waals surface area contributed by atoms with Crippen molar-refractivity contribution in [3.8, 4) is 0 Å². The normalized spacial score (nSPS) is 10.5. The number of anilines is 2. The summed E-state index contributed by atoms with van der Waals surface area (Å²) >= 11 is 0. The minimum absolute atomic E-state index is 0.0655. The molecule has 104 valence electrons. The SMILES string of the molecule is Nc1ccccc1CC(=O)Nc1cccc2ccccc12. The first-order valence-electron chi connectivity index (χ1n) is 6.85. The van der Waals surface area contributed by atoms with Crippen molar-refractivity contribution >= 4 is 28.1 Å². The Morgan fingerprint density at radius 2 is 1.62 bits per heavy atom. The maximum atomic E-state index is 12.2. The molecule has 0 spiro atoms. The van der Waals surface area contributed by atoms with Crippen LogP contribution in [-0.2, 0) is 11.2 Å². The molecule has 0 unspecified atom stereocenters. The summed E-state index contributed by atoms with van der Waals surface area (Å²) in [5.41, 5.74) is 8.19. The van der Waals surface area contributed by atoms with Crippen LogP contribution in [0.25, 0.3) is 10.8 Å². The maximum absolute atomic E-state index is 12.2. The largest absolute Gasteiger partial charge is 0.398 e. The number of para-hydroxylation sites is 1. The van der Waals surface area contributed by atoms with Crippen LogP contribution in [0.4, 0.5) is 11.4 Å². The van der Waals surface area contributed by atoms with Crippen molar-refractivity contribution in [1.82, 2.24) is 0 Å². The zero-order valence-electron chi connectivity index (χ0n) is 11.5. The van der Waals surface area contributed by atoms with Gasteiger partial charge in [0.1, 0.15) is 0 Å². The highest BCUT2D eigenvalue weighted by Crippen LogP contribution is 2.23. The van der Waals surface area contributed by atoms with Crippen molar-refractivity contribution in [3.05, 3.63) is 72.3 Å². The van der Waals surface area contributed by atoms with Crippen LogP contribution in [0.1, 0.15) is 5.56 Å². The summed E-state index contributed by atoms with van der Waals surface area (Å²) in [7, 11) is 0. The molecule has 0 aromatic heterocycles. The first-order chi connectivity index (χ1) is 10.2. The van der Waals surface area contributed by atoms with Gasteiger partial charge in [-0.25, -0.2) is 0 Å². The van der Waals surface area contributed by atoms with E-state index in [9.17, 15) is 4.79 Å². The highest BCUT2D eigenvalue weighted by molar-refractivity contribution is 6.02. The maximum Gasteiger partial charge on any atom is 0.228 e. The first kappa shape index (κ1) is 13.2. The quantitative estimate of drug-likeness (QED) is 0.718. The number of rotatable bonds is 3. The van der Waals surface area contributed by atoms with Crippen LogP contribution in [0, 0.1) is 0 Å². The average molecular weight is 276 g/mol. The van der Waals surface area contributed by atoms with E-state index >= 15 is 0 Å². The number of fused-ring (bicyclic) bond motifs is 1. The lowest BCUT2D eigenvalue weighted by Gasteiger charge is -2.09. The minimum Gasteiger partial charge on any atom is -0.398 e. The highest BCUT2D eigenvalue weighted by Gasteiger charge is 2.08. The molecule has 21 heavy (non-hydrogen) atoms. The molecule has 0 bridgehead atoms. The fraction of sp³-hybridized carbons (Fsp3) is 0.0556. The molecule has 0 saturated carbocycles. The Morgan fingerprint density at radius 3 is 2.48 bits per heavy atom. The standard InChI is InChI=1S/C18H16N2O/c19-16-10-4-2-7-14(16)12-18(21)20-17-11-5-8-13-6-1-3-9-15(13)17/h1-11H,12,19H2,(H,20,21). The van der Waals surface area contributed by atoms with Gasteiger partial charge in [-0.3, -0.25) is 4.79 Å². The summed E-state index contributed by atoms with van der Waals surface area (Å²) in [5.74, 6) is -0.0655. The van der Waals surface area contributed by atoms with Gasteiger partial charge < -0.3 is 11.1 Å². The van der Waals surface area contributed by atoms with Gasteiger partial charge in [0.05, 0.1) is 6.42 Å². The van der Waals surface area contributed by atoms with Crippen LogP contribution in [0.5, 0.6) is 0 Å². The Balaban J connectivity index is 1.82. The number of nitrogens with two attached hydrogens (primary N) is 1.